The molecule has 0 amide bonds. The third kappa shape index (κ3) is 52.9. The molecule has 0 aliphatic heterocycles. The van der Waals surface area contributed by atoms with Gasteiger partial charge in [-0.2, -0.15) is 0 Å². The molecule has 0 saturated heterocycles. The van der Waals surface area contributed by atoms with E-state index in [-0.39, 0.29) is 0 Å². The van der Waals surface area contributed by atoms with Crippen molar-refractivity contribution in [3.8, 4) is 0 Å². The maximum atomic E-state index is 10.5. The summed E-state index contributed by atoms with van der Waals surface area (Å²) in [6.45, 7) is 5.62. The van der Waals surface area contributed by atoms with Gasteiger partial charge in [-0.25, -0.2) is 4.39 Å². The second-order valence-electron chi connectivity index (χ2n) is 1.13. The molecule has 0 atom stereocenters. The molecule has 1 heteroatoms. The predicted molar refractivity (Wildman–Crippen MR) is 36.4 cm³/mol. The van der Waals surface area contributed by atoms with Crippen LogP contribution >= 0.6 is 0 Å². The fourth-order valence-electron chi connectivity index (χ4n) is 0. The molecule has 0 nitrogen and oxygen atoms in total. The molecule has 0 fully saturated rings. The van der Waals surface area contributed by atoms with Crippen LogP contribution in [0, 0.1) is 0 Å². The van der Waals surface area contributed by atoms with Gasteiger partial charge in [-0.3, -0.25) is 0 Å². The van der Waals surface area contributed by atoms with E-state index in [9.17, 15) is 4.39 Å². The lowest BCUT2D eigenvalue weighted by atomic mass is 10.6. The van der Waals surface area contributed by atoms with Crippen LogP contribution in [0.15, 0.2) is 24.6 Å². The van der Waals surface area contributed by atoms with Gasteiger partial charge in [0.1, 0.15) is 0 Å². The van der Waals surface area contributed by atoms with E-state index < -0.39 is 0 Å². The second-order valence-corrected chi connectivity index (χ2v) is 1.13. The van der Waals surface area contributed by atoms with Crippen LogP contribution in [0.1, 0.15) is 20.8 Å². The molecule has 0 radical (unpaired) electrons. The second kappa shape index (κ2) is 16.1. The van der Waals surface area contributed by atoms with Crippen molar-refractivity contribution in [1.82, 2.24) is 0 Å². The Morgan fingerprint density at radius 3 is 1.12 bits per heavy atom. The molecule has 0 aromatic carbocycles. The highest BCUT2D eigenvalue weighted by Gasteiger charge is 1.38. The van der Waals surface area contributed by atoms with Crippen molar-refractivity contribution in [2.75, 3.05) is 0 Å². The molecule has 0 aliphatic carbocycles. The van der Waals surface area contributed by atoms with Crippen LogP contribution in [0.2, 0.25) is 0 Å². The van der Waals surface area contributed by atoms with Crippen molar-refractivity contribution in [1.29, 1.82) is 0 Å². The van der Waals surface area contributed by atoms with Gasteiger partial charge in [-0.1, -0.05) is 18.2 Å². The number of allylic oxidation sites excluding steroid dienone is 3. The third-order valence-electron chi connectivity index (χ3n) is 0.459. The summed E-state index contributed by atoms with van der Waals surface area (Å²) in [6.07, 6.45) is 5.83. The van der Waals surface area contributed by atoms with E-state index in [1.54, 1.807) is 6.92 Å². The average molecular weight is 116 g/mol. The van der Waals surface area contributed by atoms with Crippen molar-refractivity contribution < 1.29 is 4.39 Å². The highest BCUT2D eigenvalue weighted by molar-refractivity contribution is 4.68. The Labute approximate surface area is 50.7 Å². The lowest BCUT2D eigenvalue weighted by Gasteiger charge is -1.49. The fraction of sp³-hybridized carbons (Fsp3) is 0.429. The van der Waals surface area contributed by atoms with E-state index in [0.29, 0.717) is 6.33 Å². The number of hydrogen-bond acceptors (Lipinski definition) is 0. The van der Waals surface area contributed by atoms with E-state index >= 15 is 0 Å². The Morgan fingerprint density at radius 2 is 1.12 bits per heavy atom. The Bertz CT molecular complexity index is 44.8. The van der Waals surface area contributed by atoms with Gasteiger partial charge in [0.25, 0.3) is 0 Å². The van der Waals surface area contributed by atoms with E-state index in [1.165, 1.54) is 6.08 Å². The normalized spacial score (nSPS) is 9.50. The van der Waals surface area contributed by atoms with E-state index in [0.717, 1.165) is 0 Å². The van der Waals surface area contributed by atoms with E-state index in [1.807, 2.05) is 26.0 Å². The highest BCUT2D eigenvalue weighted by atomic mass is 19.1. The van der Waals surface area contributed by atoms with Crippen LogP contribution in [-0.2, 0) is 0 Å². The van der Waals surface area contributed by atoms with Crippen molar-refractivity contribution in [2.45, 2.75) is 20.8 Å². The van der Waals surface area contributed by atoms with Gasteiger partial charge in [-0.15, -0.1) is 0 Å². The maximum Gasteiger partial charge on any atom is 0.0824 e. The maximum absolute atomic E-state index is 10.5. The minimum atomic E-state index is 0.500. The summed E-state index contributed by atoms with van der Waals surface area (Å²) in [7, 11) is 0. The first kappa shape index (κ1) is 10.4. The molecule has 8 heavy (non-hydrogen) atoms. The van der Waals surface area contributed by atoms with Gasteiger partial charge in [0.05, 0.1) is 6.33 Å². The molecule has 0 aromatic rings. The molecule has 0 spiro atoms. The molecule has 0 heterocycles. The predicted octanol–water partition coefficient (Wildman–Crippen LogP) is 3.07. The monoisotopic (exact) mass is 116 g/mol. The zero-order chi connectivity index (χ0) is 6.83. The molecule has 0 bridgehead atoms. The van der Waals surface area contributed by atoms with Gasteiger partial charge in [0.15, 0.2) is 0 Å². The van der Waals surface area contributed by atoms with Crippen molar-refractivity contribution in [3.05, 3.63) is 24.6 Å². The topological polar surface area (TPSA) is 0 Å². The summed E-state index contributed by atoms with van der Waals surface area (Å²) in [5, 5.41) is 0. The van der Waals surface area contributed by atoms with Crippen LogP contribution in [0.25, 0.3) is 0 Å². The van der Waals surface area contributed by atoms with Crippen LogP contribution in [0.3, 0.4) is 0 Å². The van der Waals surface area contributed by atoms with Crippen molar-refractivity contribution in [2.24, 2.45) is 0 Å². The lowest BCUT2D eigenvalue weighted by molar-refractivity contribution is 0.719. The Kier molecular flexibility index (Phi) is 21.0. The molecular formula is C7H13F. The summed E-state index contributed by atoms with van der Waals surface area (Å²) < 4.78 is 10.5. The third-order valence-corrected chi connectivity index (χ3v) is 0.459. The minimum Gasteiger partial charge on any atom is -0.216 e. The van der Waals surface area contributed by atoms with Crippen LogP contribution in [0.4, 0.5) is 4.39 Å². The quantitative estimate of drug-likeness (QED) is 0.427. The number of rotatable bonds is 0. The Balaban J connectivity index is 0. The molecule has 0 saturated carbocycles. The van der Waals surface area contributed by atoms with Gasteiger partial charge >= 0.3 is 0 Å². The summed E-state index contributed by atoms with van der Waals surface area (Å²) >= 11 is 0. The van der Waals surface area contributed by atoms with Crippen LogP contribution in [-0.4, -0.2) is 0 Å². The zero-order valence-corrected chi connectivity index (χ0v) is 5.69. The largest absolute Gasteiger partial charge is 0.216 e. The number of halogens is 1. The first-order valence-corrected chi connectivity index (χ1v) is 2.62. The molecule has 0 unspecified atom stereocenters. The first-order chi connectivity index (χ1) is 3.83. The van der Waals surface area contributed by atoms with Gasteiger partial charge in [0.2, 0.25) is 0 Å². The summed E-state index contributed by atoms with van der Waals surface area (Å²) in [6, 6.07) is 0. The Morgan fingerprint density at radius 1 is 0.875 bits per heavy atom. The summed E-state index contributed by atoms with van der Waals surface area (Å²) in [5.74, 6) is 0. The standard InChI is InChI=1S/C4H8.C3H5F/c1-3-4-2;1-2-3-4/h3-4H,1-2H3;2-3H,1H3/b4-3-;3-2-. The van der Waals surface area contributed by atoms with Crippen molar-refractivity contribution in [3.63, 3.8) is 0 Å². The Hall–Kier alpha value is -0.590. The summed E-state index contributed by atoms with van der Waals surface area (Å²) in [4.78, 5) is 0. The molecule has 48 valence electrons. The fourth-order valence-corrected chi connectivity index (χ4v) is 0. The molecular weight excluding hydrogens is 103 g/mol. The van der Waals surface area contributed by atoms with Crippen molar-refractivity contribution >= 4 is 0 Å². The minimum absolute atomic E-state index is 0.500. The van der Waals surface area contributed by atoms with Gasteiger partial charge < -0.3 is 0 Å². The van der Waals surface area contributed by atoms with Crippen LogP contribution < -0.4 is 0 Å². The smallest absolute Gasteiger partial charge is 0.0824 e. The molecule has 0 rings (SSSR count). The summed E-state index contributed by atoms with van der Waals surface area (Å²) in [5.41, 5.74) is 0. The SMILES string of the molecule is C/C=C\C.C/C=C\F. The lowest BCUT2D eigenvalue weighted by Crippen LogP contribution is -1.26. The number of hydrogen-bond donors (Lipinski definition) is 0. The highest BCUT2D eigenvalue weighted by Crippen LogP contribution is 1.62. The molecule has 0 N–H and O–H groups in total. The average Bonchev–Trinajstić information content (AvgIpc) is 1.88. The zero-order valence-electron chi connectivity index (χ0n) is 5.69. The van der Waals surface area contributed by atoms with Gasteiger partial charge in [-0.05, 0) is 20.8 Å². The molecule has 0 aliphatic rings. The molecule has 0 aromatic heterocycles. The van der Waals surface area contributed by atoms with E-state index in [2.05, 4.69) is 0 Å². The first-order valence-electron chi connectivity index (χ1n) is 2.62. The van der Waals surface area contributed by atoms with E-state index in [4.69, 9.17) is 0 Å². The van der Waals surface area contributed by atoms with Crippen LogP contribution in [0.5, 0.6) is 0 Å². The van der Waals surface area contributed by atoms with Gasteiger partial charge in [0, 0.05) is 0 Å².